The molecule has 0 aliphatic heterocycles. The predicted molar refractivity (Wildman–Crippen MR) is 97.2 cm³/mol. The van der Waals surface area contributed by atoms with Gasteiger partial charge in [-0.1, -0.05) is 24.4 Å². The number of halogens is 1. The van der Waals surface area contributed by atoms with Crippen molar-refractivity contribution in [3.05, 3.63) is 23.2 Å². The number of nitrogens with zero attached hydrogens (tertiary/aromatic N) is 1. The van der Waals surface area contributed by atoms with Crippen LogP contribution < -0.4 is 10.1 Å². The van der Waals surface area contributed by atoms with E-state index in [2.05, 4.69) is 5.32 Å². The molecule has 1 fully saturated rings. The molecule has 2 amide bonds. The molecule has 1 aromatic carbocycles. The first kappa shape index (κ1) is 20.0. The third kappa shape index (κ3) is 5.62. The van der Waals surface area contributed by atoms with E-state index in [1.807, 2.05) is 0 Å². The molecular weight excluding hydrogens is 360 g/mol. The fraction of sp³-hybridized carbons (Fsp3) is 0.500. The Morgan fingerprint density at radius 2 is 1.96 bits per heavy atom. The summed E-state index contributed by atoms with van der Waals surface area (Å²) in [5, 5.41) is 3.10. The highest BCUT2D eigenvalue weighted by Crippen LogP contribution is 2.27. The van der Waals surface area contributed by atoms with Crippen LogP contribution in [-0.2, 0) is 19.1 Å². The molecule has 2 rings (SSSR count). The number of esters is 1. The summed E-state index contributed by atoms with van der Waals surface area (Å²) in [6, 6.07) is 4.84. The number of ether oxygens (including phenoxy) is 2. The fourth-order valence-electron chi connectivity index (χ4n) is 2.79. The van der Waals surface area contributed by atoms with Gasteiger partial charge in [-0.2, -0.15) is 0 Å². The maximum absolute atomic E-state index is 12.1. The van der Waals surface area contributed by atoms with Crippen molar-refractivity contribution >= 4 is 35.1 Å². The Hall–Kier alpha value is -2.28. The molecule has 0 radical (unpaired) electrons. The second kappa shape index (κ2) is 9.43. The number of likely N-dealkylation sites (N-methyl/N-ethyl adjacent to an activating group) is 1. The van der Waals surface area contributed by atoms with E-state index >= 15 is 0 Å². The van der Waals surface area contributed by atoms with Crippen LogP contribution in [0.1, 0.15) is 25.7 Å². The number of nitrogens with one attached hydrogen (secondary N) is 1. The minimum Gasteiger partial charge on any atom is -0.495 e. The topological polar surface area (TPSA) is 84.9 Å². The van der Waals surface area contributed by atoms with Crippen LogP contribution in [-0.4, -0.2) is 50.0 Å². The van der Waals surface area contributed by atoms with Gasteiger partial charge in [-0.15, -0.1) is 0 Å². The number of benzene rings is 1. The van der Waals surface area contributed by atoms with Crippen LogP contribution in [0.4, 0.5) is 5.69 Å². The molecule has 0 saturated heterocycles. The first-order valence-corrected chi connectivity index (χ1v) is 8.82. The first-order chi connectivity index (χ1) is 12.4. The number of hydrogen-bond donors (Lipinski definition) is 1. The Morgan fingerprint density at radius 3 is 2.62 bits per heavy atom. The van der Waals surface area contributed by atoms with Crippen molar-refractivity contribution in [1.29, 1.82) is 0 Å². The van der Waals surface area contributed by atoms with Gasteiger partial charge in [-0.05, 0) is 31.0 Å². The van der Waals surface area contributed by atoms with Crippen molar-refractivity contribution in [2.45, 2.75) is 25.7 Å². The zero-order valence-corrected chi connectivity index (χ0v) is 15.7. The third-order valence-electron chi connectivity index (χ3n) is 4.27. The quantitative estimate of drug-likeness (QED) is 0.732. The second-order valence-electron chi connectivity index (χ2n) is 6.23. The summed E-state index contributed by atoms with van der Waals surface area (Å²) in [7, 11) is 2.95. The van der Waals surface area contributed by atoms with Gasteiger partial charge in [0.25, 0.3) is 5.91 Å². The Morgan fingerprint density at radius 1 is 1.27 bits per heavy atom. The number of rotatable bonds is 7. The van der Waals surface area contributed by atoms with Gasteiger partial charge in [0.15, 0.2) is 6.61 Å². The number of methoxy groups -OCH3 is 1. The van der Waals surface area contributed by atoms with Gasteiger partial charge in [-0.25, -0.2) is 0 Å². The number of hydrogen-bond acceptors (Lipinski definition) is 5. The SMILES string of the molecule is COc1ccc(Cl)cc1NC(=O)CN(C)C(=O)COC(=O)C1CCCC1. The lowest BCUT2D eigenvalue weighted by atomic mass is 10.1. The molecule has 0 spiro atoms. The first-order valence-electron chi connectivity index (χ1n) is 8.44. The van der Waals surface area contributed by atoms with E-state index in [-0.39, 0.29) is 25.0 Å². The summed E-state index contributed by atoms with van der Waals surface area (Å²) in [5.74, 6) is -0.834. The summed E-state index contributed by atoms with van der Waals surface area (Å²) in [6.45, 7) is -0.547. The maximum Gasteiger partial charge on any atom is 0.309 e. The van der Waals surface area contributed by atoms with Gasteiger partial charge < -0.3 is 19.7 Å². The summed E-state index contributed by atoms with van der Waals surface area (Å²) in [4.78, 5) is 37.2. The average molecular weight is 383 g/mol. The molecule has 1 aliphatic rings. The van der Waals surface area contributed by atoms with Crippen LogP contribution in [0, 0.1) is 5.92 Å². The van der Waals surface area contributed by atoms with Gasteiger partial charge in [-0.3, -0.25) is 14.4 Å². The highest BCUT2D eigenvalue weighted by Gasteiger charge is 2.25. The van der Waals surface area contributed by atoms with Crippen LogP contribution in [0.2, 0.25) is 5.02 Å². The van der Waals surface area contributed by atoms with Gasteiger partial charge in [0.1, 0.15) is 5.75 Å². The lowest BCUT2D eigenvalue weighted by Crippen LogP contribution is -2.37. The minimum absolute atomic E-state index is 0.105. The van der Waals surface area contributed by atoms with E-state index in [1.54, 1.807) is 18.2 Å². The van der Waals surface area contributed by atoms with E-state index in [0.29, 0.717) is 16.5 Å². The zero-order valence-electron chi connectivity index (χ0n) is 14.9. The van der Waals surface area contributed by atoms with Gasteiger partial charge in [0.05, 0.1) is 25.3 Å². The number of carbonyl (C=O) groups excluding carboxylic acids is 3. The second-order valence-corrected chi connectivity index (χ2v) is 6.67. The molecule has 0 heterocycles. The van der Waals surface area contributed by atoms with Crippen LogP contribution in [0.3, 0.4) is 0 Å². The van der Waals surface area contributed by atoms with E-state index in [0.717, 1.165) is 25.7 Å². The highest BCUT2D eigenvalue weighted by atomic mass is 35.5. The number of amides is 2. The molecule has 1 saturated carbocycles. The van der Waals surface area contributed by atoms with Crippen molar-refractivity contribution in [1.82, 2.24) is 4.90 Å². The molecule has 1 N–H and O–H groups in total. The Kier molecular flexibility index (Phi) is 7.26. The molecule has 1 aromatic rings. The van der Waals surface area contributed by atoms with E-state index < -0.39 is 11.8 Å². The largest absolute Gasteiger partial charge is 0.495 e. The highest BCUT2D eigenvalue weighted by molar-refractivity contribution is 6.31. The molecular formula is C18H23ClN2O5. The van der Waals surface area contributed by atoms with Gasteiger partial charge in [0, 0.05) is 12.1 Å². The average Bonchev–Trinajstić information content (AvgIpc) is 3.14. The van der Waals surface area contributed by atoms with Crippen LogP contribution >= 0.6 is 11.6 Å². The molecule has 0 aromatic heterocycles. The van der Waals surface area contributed by atoms with E-state index in [1.165, 1.54) is 19.1 Å². The summed E-state index contributed by atoms with van der Waals surface area (Å²) >= 11 is 5.92. The lowest BCUT2D eigenvalue weighted by Gasteiger charge is -2.18. The predicted octanol–water partition coefficient (Wildman–Crippen LogP) is 2.48. The normalized spacial score (nSPS) is 14.0. The zero-order chi connectivity index (χ0) is 19.1. The summed E-state index contributed by atoms with van der Waals surface area (Å²) in [6.07, 6.45) is 3.65. The smallest absolute Gasteiger partial charge is 0.309 e. The van der Waals surface area contributed by atoms with E-state index in [9.17, 15) is 14.4 Å². The number of carbonyl (C=O) groups is 3. The van der Waals surface area contributed by atoms with Crippen LogP contribution in [0.15, 0.2) is 18.2 Å². The maximum atomic E-state index is 12.1. The number of anilines is 1. The Labute approximate surface area is 157 Å². The fourth-order valence-corrected chi connectivity index (χ4v) is 2.97. The molecule has 26 heavy (non-hydrogen) atoms. The molecule has 0 unspecified atom stereocenters. The minimum atomic E-state index is -0.440. The Balaban J connectivity index is 1.81. The molecule has 0 atom stereocenters. The van der Waals surface area contributed by atoms with Crippen molar-refractivity contribution in [3.8, 4) is 5.75 Å². The molecule has 7 nitrogen and oxygen atoms in total. The van der Waals surface area contributed by atoms with Crippen molar-refractivity contribution < 1.29 is 23.9 Å². The Bertz CT molecular complexity index is 674. The van der Waals surface area contributed by atoms with Gasteiger partial charge >= 0.3 is 5.97 Å². The van der Waals surface area contributed by atoms with Crippen molar-refractivity contribution in [2.24, 2.45) is 5.92 Å². The monoisotopic (exact) mass is 382 g/mol. The van der Waals surface area contributed by atoms with Gasteiger partial charge in [0.2, 0.25) is 5.91 Å². The standard InChI is InChI=1S/C18H23ClN2O5/c1-21(17(23)11-26-18(24)12-5-3-4-6-12)10-16(22)20-14-9-13(19)7-8-15(14)25-2/h7-9,12H,3-6,10-11H2,1-2H3,(H,20,22). The van der Waals surface area contributed by atoms with Crippen LogP contribution in [0.5, 0.6) is 5.75 Å². The summed E-state index contributed by atoms with van der Waals surface area (Å²) in [5.41, 5.74) is 0.415. The summed E-state index contributed by atoms with van der Waals surface area (Å²) < 4.78 is 10.2. The molecule has 8 heteroatoms. The molecule has 0 bridgehead atoms. The van der Waals surface area contributed by atoms with Crippen molar-refractivity contribution in [2.75, 3.05) is 32.6 Å². The molecule has 142 valence electrons. The van der Waals surface area contributed by atoms with E-state index in [4.69, 9.17) is 21.1 Å². The third-order valence-corrected chi connectivity index (χ3v) is 4.50. The van der Waals surface area contributed by atoms with Crippen LogP contribution in [0.25, 0.3) is 0 Å². The van der Waals surface area contributed by atoms with Crippen molar-refractivity contribution in [3.63, 3.8) is 0 Å². The lowest BCUT2D eigenvalue weighted by molar-refractivity contribution is -0.155. The molecule has 1 aliphatic carbocycles.